The fourth-order valence-electron chi connectivity index (χ4n) is 1.66. The zero-order valence-corrected chi connectivity index (χ0v) is 12.6. The maximum Gasteiger partial charge on any atom is 0.239 e. The van der Waals surface area contributed by atoms with E-state index in [4.69, 9.17) is 0 Å². The van der Waals surface area contributed by atoms with Crippen LogP contribution in [0.4, 0.5) is 5.69 Å². The van der Waals surface area contributed by atoms with E-state index in [1.54, 1.807) is 18.9 Å². The van der Waals surface area contributed by atoms with Gasteiger partial charge in [0.1, 0.15) is 0 Å². The van der Waals surface area contributed by atoms with Gasteiger partial charge in [-0.1, -0.05) is 17.7 Å². The molecule has 2 amide bonds. The van der Waals surface area contributed by atoms with Crippen molar-refractivity contribution in [3.05, 3.63) is 29.8 Å². The highest BCUT2D eigenvalue weighted by molar-refractivity contribution is 5.92. The van der Waals surface area contributed by atoms with Crippen LogP contribution in [0, 0.1) is 6.92 Å². The number of rotatable bonds is 6. The number of carbonyl (C=O) groups is 2. The van der Waals surface area contributed by atoms with Crippen molar-refractivity contribution in [3.63, 3.8) is 0 Å². The second-order valence-electron chi connectivity index (χ2n) is 4.87. The summed E-state index contributed by atoms with van der Waals surface area (Å²) < 4.78 is 0. The van der Waals surface area contributed by atoms with Crippen molar-refractivity contribution in [2.75, 3.05) is 25.5 Å². The monoisotopic (exact) mass is 277 g/mol. The average Bonchev–Trinajstić information content (AvgIpc) is 2.45. The summed E-state index contributed by atoms with van der Waals surface area (Å²) in [5, 5.41) is 5.71. The van der Waals surface area contributed by atoms with Crippen LogP contribution in [0.3, 0.4) is 0 Å². The van der Waals surface area contributed by atoms with Crippen molar-refractivity contribution in [1.82, 2.24) is 10.2 Å². The minimum Gasteiger partial charge on any atom is -0.345 e. The van der Waals surface area contributed by atoms with Gasteiger partial charge in [0.15, 0.2) is 0 Å². The molecule has 0 fully saturated rings. The molecule has 2 N–H and O–H groups in total. The summed E-state index contributed by atoms with van der Waals surface area (Å²) in [6.45, 7) is 6.42. The Balaban J connectivity index is 2.40. The summed E-state index contributed by atoms with van der Waals surface area (Å²) in [5.41, 5.74) is 1.90. The first kappa shape index (κ1) is 16.2. The van der Waals surface area contributed by atoms with E-state index in [0.717, 1.165) is 11.3 Å². The van der Waals surface area contributed by atoms with Crippen LogP contribution < -0.4 is 10.6 Å². The van der Waals surface area contributed by atoms with Gasteiger partial charge in [0.05, 0.1) is 12.6 Å². The molecule has 0 saturated carbocycles. The molecule has 1 rings (SSSR count). The molecule has 110 valence electrons. The van der Waals surface area contributed by atoms with Crippen LogP contribution in [0.2, 0.25) is 0 Å². The van der Waals surface area contributed by atoms with Gasteiger partial charge in [-0.25, -0.2) is 0 Å². The smallest absolute Gasteiger partial charge is 0.239 e. The zero-order chi connectivity index (χ0) is 15.1. The van der Waals surface area contributed by atoms with Crippen molar-refractivity contribution >= 4 is 17.5 Å². The predicted molar refractivity (Wildman–Crippen MR) is 80.6 cm³/mol. The lowest BCUT2D eigenvalue weighted by Crippen LogP contribution is -2.45. The van der Waals surface area contributed by atoms with Gasteiger partial charge in [0.25, 0.3) is 0 Å². The molecule has 0 spiro atoms. The Kier molecular flexibility index (Phi) is 6.18. The van der Waals surface area contributed by atoms with Crippen molar-refractivity contribution in [2.45, 2.75) is 26.8 Å². The van der Waals surface area contributed by atoms with Crippen LogP contribution in [0.15, 0.2) is 24.3 Å². The molecule has 0 saturated heterocycles. The van der Waals surface area contributed by atoms with Gasteiger partial charge < -0.3 is 10.2 Å². The third-order valence-electron chi connectivity index (χ3n) is 3.13. The van der Waals surface area contributed by atoms with Gasteiger partial charge in [-0.15, -0.1) is 0 Å². The van der Waals surface area contributed by atoms with Crippen LogP contribution in [-0.2, 0) is 9.59 Å². The number of amides is 2. The van der Waals surface area contributed by atoms with Gasteiger partial charge >= 0.3 is 0 Å². The lowest BCUT2D eigenvalue weighted by molar-refractivity contribution is -0.131. The molecule has 0 radical (unpaired) electrons. The Morgan fingerprint density at radius 3 is 2.40 bits per heavy atom. The first-order chi connectivity index (χ1) is 9.43. The van der Waals surface area contributed by atoms with Crippen molar-refractivity contribution < 1.29 is 9.59 Å². The molecule has 5 heteroatoms. The highest BCUT2D eigenvalue weighted by Gasteiger charge is 2.16. The Hall–Kier alpha value is -1.88. The van der Waals surface area contributed by atoms with E-state index in [1.165, 1.54) is 0 Å². The van der Waals surface area contributed by atoms with Crippen molar-refractivity contribution in [2.24, 2.45) is 0 Å². The second-order valence-corrected chi connectivity index (χ2v) is 4.87. The quantitative estimate of drug-likeness (QED) is 0.826. The normalized spacial score (nSPS) is 11.8. The summed E-state index contributed by atoms with van der Waals surface area (Å²) in [5.74, 6) is -0.178. The third kappa shape index (κ3) is 5.01. The summed E-state index contributed by atoms with van der Waals surface area (Å²) in [6.07, 6.45) is 0. The molecule has 0 aromatic heterocycles. The van der Waals surface area contributed by atoms with E-state index in [2.05, 4.69) is 10.6 Å². The van der Waals surface area contributed by atoms with Crippen LogP contribution >= 0.6 is 0 Å². The lowest BCUT2D eigenvalue weighted by atomic mass is 10.2. The molecule has 20 heavy (non-hydrogen) atoms. The molecule has 1 atom stereocenters. The number of likely N-dealkylation sites (N-methyl/N-ethyl adjacent to an activating group) is 1. The Labute approximate surface area is 120 Å². The molecule has 0 bridgehead atoms. The molecule has 0 aliphatic rings. The summed E-state index contributed by atoms with van der Waals surface area (Å²) in [4.78, 5) is 25.2. The number of carbonyl (C=O) groups excluding carboxylic acids is 2. The number of aryl methyl sites for hydroxylation is 1. The predicted octanol–water partition coefficient (Wildman–Crippen LogP) is 1.39. The Morgan fingerprint density at radius 2 is 1.85 bits per heavy atom. The molecule has 0 aliphatic carbocycles. The average molecular weight is 277 g/mol. The maximum absolute atomic E-state index is 11.8. The molecule has 5 nitrogen and oxygen atoms in total. The van der Waals surface area contributed by atoms with E-state index < -0.39 is 0 Å². The van der Waals surface area contributed by atoms with Crippen LogP contribution in [0.5, 0.6) is 0 Å². The fourth-order valence-corrected chi connectivity index (χ4v) is 1.66. The topological polar surface area (TPSA) is 61.4 Å². The number of nitrogens with zero attached hydrogens (tertiary/aromatic N) is 1. The first-order valence-corrected chi connectivity index (χ1v) is 6.79. The van der Waals surface area contributed by atoms with E-state index in [1.807, 2.05) is 38.1 Å². The summed E-state index contributed by atoms with van der Waals surface area (Å²) in [6, 6.07) is 7.21. The van der Waals surface area contributed by atoms with E-state index in [-0.39, 0.29) is 24.4 Å². The highest BCUT2D eigenvalue weighted by Crippen LogP contribution is 2.07. The molecule has 0 heterocycles. The molecular formula is C15H23N3O2. The van der Waals surface area contributed by atoms with Crippen LogP contribution in [0.1, 0.15) is 19.4 Å². The van der Waals surface area contributed by atoms with Gasteiger partial charge in [0, 0.05) is 19.3 Å². The number of anilines is 1. The molecular weight excluding hydrogens is 254 g/mol. The first-order valence-electron chi connectivity index (χ1n) is 6.79. The largest absolute Gasteiger partial charge is 0.345 e. The zero-order valence-electron chi connectivity index (χ0n) is 12.6. The minimum absolute atomic E-state index is 0.0179. The number of hydrogen-bond donors (Lipinski definition) is 2. The molecule has 1 unspecified atom stereocenters. The lowest BCUT2D eigenvalue weighted by Gasteiger charge is -2.20. The van der Waals surface area contributed by atoms with Gasteiger partial charge in [-0.05, 0) is 32.9 Å². The van der Waals surface area contributed by atoms with Crippen LogP contribution in [0.25, 0.3) is 0 Å². The van der Waals surface area contributed by atoms with Crippen molar-refractivity contribution in [3.8, 4) is 0 Å². The Morgan fingerprint density at radius 1 is 1.25 bits per heavy atom. The van der Waals surface area contributed by atoms with E-state index in [0.29, 0.717) is 6.54 Å². The summed E-state index contributed by atoms with van der Waals surface area (Å²) in [7, 11) is 1.74. The van der Waals surface area contributed by atoms with Gasteiger partial charge in [-0.3, -0.25) is 14.9 Å². The number of nitrogens with one attached hydrogen (secondary N) is 2. The van der Waals surface area contributed by atoms with Crippen LogP contribution in [-0.4, -0.2) is 42.9 Å². The van der Waals surface area contributed by atoms with Gasteiger partial charge in [0.2, 0.25) is 11.8 Å². The number of benzene rings is 1. The van der Waals surface area contributed by atoms with Gasteiger partial charge in [-0.2, -0.15) is 0 Å². The molecule has 1 aromatic rings. The SMILES string of the molecule is CCN(C)C(=O)C(C)NCC(=O)Nc1ccc(C)cc1. The Bertz CT molecular complexity index is 457. The molecule has 0 aliphatic heterocycles. The standard InChI is InChI=1S/C15H23N3O2/c1-5-18(4)15(20)12(3)16-10-14(19)17-13-8-6-11(2)7-9-13/h6-9,12,16H,5,10H2,1-4H3,(H,17,19). The van der Waals surface area contributed by atoms with E-state index in [9.17, 15) is 9.59 Å². The second kappa shape index (κ2) is 7.65. The van der Waals surface area contributed by atoms with Crippen molar-refractivity contribution in [1.29, 1.82) is 0 Å². The third-order valence-corrected chi connectivity index (χ3v) is 3.13. The summed E-state index contributed by atoms with van der Waals surface area (Å²) >= 11 is 0. The minimum atomic E-state index is -0.372. The van der Waals surface area contributed by atoms with E-state index >= 15 is 0 Å². The maximum atomic E-state index is 11.8. The number of hydrogen-bond acceptors (Lipinski definition) is 3. The molecule has 1 aromatic carbocycles. The highest BCUT2D eigenvalue weighted by atomic mass is 16.2. The fraction of sp³-hybridized carbons (Fsp3) is 0.467.